The summed E-state index contributed by atoms with van der Waals surface area (Å²) in [6.07, 6.45) is 3.84. The van der Waals surface area contributed by atoms with Crippen molar-refractivity contribution in [3.8, 4) is 0 Å². The summed E-state index contributed by atoms with van der Waals surface area (Å²) >= 11 is 1.62. The smallest absolute Gasteiger partial charge is 0.117 e. The summed E-state index contributed by atoms with van der Waals surface area (Å²) in [5, 5.41) is 11.6. The first-order valence-corrected chi connectivity index (χ1v) is 6.89. The first-order valence-electron chi connectivity index (χ1n) is 6.07. The van der Waals surface area contributed by atoms with Crippen molar-refractivity contribution < 1.29 is 9.90 Å². The van der Waals surface area contributed by atoms with Crippen molar-refractivity contribution >= 4 is 39.7 Å². The van der Waals surface area contributed by atoms with E-state index in [1.165, 1.54) is 12.1 Å². The highest BCUT2D eigenvalue weighted by atomic mass is 32.1. The highest BCUT2D eigenvalue weighted by Gasteiger charge is 1.99. The zero-order chi connectivity index (χ0) is 13.9. The molecular weight excluding hydrogens is 270 g/mol. The zero-order valence-corrected chi connectivity index (χ0v) is 11.3. The zero-order valence-electron chi connectivity index (χ0n) is 10.4. The summed E-state index contributed by atoms with van der Waals surface area (Å²) in [4.78, 5) is 15.2. The largest absolute Gasteiger partial charge is 0.545 e. The molecule has 0 unspecified atom stereocenters. The molecule has 0 aliphatic heterocycles. The summed E-state index contributed by atoms with van der Waals surface area (Å²) in [6.45, 7) is 0. The number of carbonyl (C=O) groups excluding carboxylic acids is 1. The van der Waals surface area contributed by atoms with Crippen molar-refractivity contribution in [2.45, 2.75) is 0 Å². The molecule has 2 aromatic carbocycles. The van der Waals surface area contributed by atoms with Crippen molar-refractivity contribution in [1.82, 2.24) is 4.98 Å². The van der Waals surface area contributed by atoms with Crippen LogP contribution in [-0.2, 0) is 0 Å². The van der Waals surface area contributed by atoms with Crippen molar-refractivity contribution in [2.24, 2.45) is 0 Å². The van der Waals surface area contributed by atoms with Gasteiger partial charge in [-0.2, -0.15) is 0 Å². The number of rotatable bonds is 3. The minimum absolute atomic E-state index is 0.183. The number of aromatic nitrogens is 1. The van der Waals surface area contributed by atoms with Gasteiger partial charge in [0.15, 0.2) is 0 Å². The van der Waals surface area contributed by atoms with Crippen LogP contribution in [0.5, 0.6) is 0 Å². The molecule has 98 valence electrons. The molecule has 20 heavy (non-hydrogen) atoms. The van der Waals surface area contributed by atoms with Gasteiger partial charge in [-0.25, -0.2) is 4.98 Å². The summed E-state index contributed by atoms with van der Waals surface area (Å²) in [7, 11) is 0. The second-order valence-corrected chi connectivity index (χ2v) is 5.32. The summed E-state index contributed by atoms with van der Waals surface area (Å²) in [5.74, 6) is -1.16. The van der Waals surface area contributed by atoms with Gasteiger partial charge in [0.25, 0.3) is 0 Å². The van der Waals surface area contributed by atoms with E-state index >= 15 is 0 Å². The molecule has 1 aromatic heterocycles. The van der Waals surface area contributed by atoms with E-state index in [9.17, 15) is 9.90 Å². The van der Waals surface area contributed by atoms with Crippen molar-refractivity contribution in [3.63, 3.8) is 0 Å². The van der Waals surface area contributed by atoms with E-state index in [-0.39, 0.29) is 5.56 Å². The third-order valence-corrected chi connectivity index (χ3v) is 3.88. The molecule has 3 aromatic rings. The van der Waals surface area contributed by atoms with Crippen LogP contribution in [0.2, 0.25) is 0 Å². The molecule has 0 aliphatic carbocycles. The number of hydrogen-bond acceptors (Lipinski definition) is 4. The number of hydrogen-bond donors (Lipinski definition) is 0. The van der Waals surface area contributed by atoms with E-state index in [0.717, 1.165) is 20.8 Å². The third kappa shape index (κ3) is 2.60. The SMILES string of the molecule is O=C([O-])c1ccc(/C=C/c2nc3ccccc3s2)cc1. The van der Waals surface area contributed by atoms with Crippen molar-refractivity contribution in [1.29, 1.82) is 0 Å². The Labute approximate surface area is 119 Å². The van der Waals surface area contributed by atoms with Crippen LogP contribution in [0.25, 0.3) is 22.4 Å². The number of carboxylic acid groups (broad SMARTS) is 1. The number of carboxylic acids is 1. The molecule has 0 amide bonds. The maximum atomic E-state index is 10.7. The Morgan fingerprint density at radius 2 is 1.80 bits per heavy atom. The van der Waals surface area contributed by atoms with E-state index in [1.54, 1.807) is 23.5 Å². The highest BCUT2D eigenvalue weighted by Crippen LogP contribution is 2.23. The maximum Gasteiger partial charge on any atom is 0.117 e. The second kappa shape index (κ2) is 5.27. The Morgan fingerprint density at radius 1 is 1.05 bits per heavy atom. The van der Waals surface area contributed by atoms with Gasteiger partial charge in [0.05, 0.1) is 16.2 Å². The molecular formula is C16H10NO2S-. The molecule has 0 fully saturated rings. The van der Waals surface area contributed by atoms with Crippen LogP contribution in [0.15, 0.2) is 48.5 Å². The molecule has 0 bridgehead atoms. The molecule has 0 spiro atoms. The molecule has 4 heteroatoms. The fourth-order valence-corrected chi connectivity index (χ4v) is 2.73. The molecule has 0 N–H and O–H groups in total. The topological polar surface area (TPSA) is 53.0 Å². The minimum atomic E-state index is -1.16. The van der Waals surface area contributed by atoms with Crippen LogP contribution < -0.4 is 5.11 Å². The van der Waals surface area contributed by atoms with E-state index < -0.39 is 5.97 Å². The van der Waals surface area contributed by atoms with E-state index in [1.807, 2.05) is 36.4 Å². The number of benzene rings is 2. The lowest BCUT2D eigenvalue weighted by Gasteiger charge is -2.01. The van der Waals surface area contributed by atoms with Gasteiger partial charge in [-0.3, -0.25) is 0 Å². The van der Waals surface area contributed by atoms with Crippen molar-refractivity contribution in [2.75, 3.05) is 0 Å². The molecule has 0 saturated carbocycles. The third-order valence-electron chi connectivity index (χ3n) is 2.88. The summed E-state index contributed by atoms with van der Waals surface area (Å²) in [6, 6.07) is 14.5. The highest BCUT2D eigenvalue weighted by molar-refractivity contribution is 7.19. The Morgan fingerprint density at radius 3 is 2.50 bits per heavy atom. The number of nitrogens with zero attached hydrogens (tertiary/aromatic N) is 1. The Hall–Kier alpha value is -2.46. The number of carbonyl (C=O) groups is 1. The fraction of sp³-hybridized carbons (Fsp3) is 0. The molecule has 3 nitrogen and oxygen atoms in total. The van der Waals surface area contributed by atoms with Gasteiger partial charge in [0.1, 0.15) is 5.01 Å². The molecule has 0 saturated heterocycles. The van der Waals surface area contributed by atoms with Crippen LogP contribution in [0, 0.1) is 0 Å². The summed E-state index contributed by atoms with van der Waals surface area (Å²) in [5.41, 5.74) is 2.10. The predicted molar refractivity (Wildman–Crippen MR) is 79.3 cm³/mol. The maximum absolute atomic E-state index is 10.7. The van der Waals surface area contributed by atoms with Gasteiger partial charge in [-0.1, -0.05) is 42.5 Å². The van der Waals surface area contributed by atoms with Gasteiger partial charge in [-0.05, 0) is 29.3 Å². The van der Waals surface area contributed by atoms with Gasteiger partial charge >= 0.3 is 0 Å². The molecule has 0 atom stereocenters. The Kier molecular flexibility index (Phi) is 3.31. The van der Waals surface area contributed by atoms with Gasteiger partial charge in [-0.15, -0.1) is 11.3 Å². The van der Waals surface area contributed by atoms with E-state index in [2.05, 4.69) is 4.98 Å². The average molecular weight is 280 g/mol. The normalized spacial score (nSPS) is 11.2. The Bertz CT molecular complexity index is 755. The van der Waals surface area contributed by atoms with Crippen molar-refractivity contribution in [3.05, 3.63) is 64.7 Å². The molecule has 0 radical (unpaired) electrons. The molecule has 1 heterocycles. The van der Waals surface area contributed by atoms with Gasteiger partial charge < -0.3 is 9.90 Å². The van der Waals surface area contributed by atoms with Gasteiger partial charge in [0, 0.05) is 0 Å². The number of para-hydroxylation sites is 1. The first kappa shape index (κ1) is 12.6. The second-order valence-electron chi connectivity index (χ2n) is 4.26. The average Bonchev–Trinajstić information content (AvgIpc) is 2.88. The molecule has 3 rings (SSSR count). The van der Waals surface area contributed by atoms with Crippen LogP contribution >= 0.6 is 11.3 Å². The summed E-state index contributed by atoms with van der Waals surface area (Å²) < 4.78 is 1.15. The lowest BCUT2D eigenvalue weighted by atomic mass is 10.1. The predicted octanol–water partition coefficient (Wildman–Crippen LogP) is 2.83. The number of thiazole rings is 1. The van der Waals surface area contributed by atoms with Crippen LogP contribution in [0.4, 0.5) is 0 Å². The van der Waals surface area contributed by atoms with Crippen LogP contribution in [0.1, 0.15) is 20.9 Å². The quantitative estimate of drug-likeness (QED) is 0.741. The van der Waals surface area contributed by atoms with E-state index in [4.69, 9.17) is 0 Å². The standard InChI is InChI=1S/C16H11NO2S/c18-16(19)12-8-5-11(6-9-12)7-10-15-17-13-3-1-2-4-14(13)20-15/h1-10H,(H,18,19)/p-1/b10-7+. The minimum Gasteiger partial charge on any atom is -0.545 e. The molecule has 0 aliphatic rings. The van der Waals surface area contributed by atoms with Crippen LogP contribution in [-0.4, -0.2) is 11.0 Å². The number of aromatic carboxylic acids is 1. The Balaban J connectivity index is 1.84. The lowest BCUT2D eigenvalue weighted by molar-refractivity contribution is -0.255. The number of fused-ring (bicyclic) bond motifs is 1. The monoisotopic (exact) mass is 280 g/mol. The fourth-order valence-electron chi connectivity index (χ4n) is 1.86. The van der Waals surface area contributed by atoms with E-state index in [0.29, 0.717) is 0 Å². The lowest BCUT2D eigenvalue weighted by Crippen LogP contribution is -2.21. The first-order chi connectivity index (χ1) is 9.72. The van der Waals surface area contributed by atoms with Crippen LogP contribution in [0.3, 0.4) is 0 Å². The van der Waals surface area contributed by atoms with Gasteiger partial charge in [0.2, 0.25) is 0 Å².